The molecule has 3 fully saturated rings. The Kier molecular flexibility index (Phi) is 13.0. The Morgan fingerprint density at radius 3 is 1.98 bits per heavy atom. The first kappa shape index (κ1) is 38.9. The van der Waals surface area contributed by atoms with Gasteiger partial charge in [-0.2, -0.15) is 0 Å². The fraction of sp³-hybridized carbons (Fsp3) is 0.657. The van der Waals surface area contributed by atoms with Gasteiger partial charge in [-0.05, 0) is 66.4 Å². The highest BCUT2D eigenvalue weighted by Gasteiger charge is 2.82. The molecule has 0 aromatic heterocycles. The lowest BCUT2D eigenvalue weighted by atomic mass is 9.81. The van der Waals surface area contributed by atoms with E-state index >= 15 is 0 Å². The summed E-state index contributed by atoms with van der Waals surface area (Å²) in [5.41, 5.74) is -0.263. The van der Waals surface area contributed by atoms with E-state index in [-0.39, 0.29) is 18.8 Å². The maximum Gasteiger partial charge on any atom is 0.334 e. The van der Waals surface area contributed by atoms with Gasteiger partial charge in [0, 0.05) is 11.1 Å². The van der Waals surface area contributed by atoms with Crippen molar-refractivity contribution in [3.8, 4) is 0 Å². The smallest absolute Gasteiger partial charge is 0.334 e. The zero-order valence-electron chi connectivity index (χ0n) is 28.6. The number of allylic oxidation sites excluding steroid dienone is 4. The van der Waals surface area contributed by atoms with E-state index in [0.29, 0.717) is 31.3 Å². The van der Waals surface area contributed by atoms with Gasteiger partial charge in [-0.15, -0.1) is 0 Å². The van der Waals surface area contributed by atoms with Crippen molar-refractivity contribution in [2.45, 2.75) is 121 Å². The van der Waals surface area contributed by atoms with Gasteiger partial charge in [0.2, 0.25) is 6.29 Å². The highest BCUT2D eigenvalue weighted by Crippen LogP contribution is 2.63. The quantitative estimate of drug-likeness (QED) is 0.0611. The molecule has 0 aromatic rings. The first-order chi connectivity index (χ1) is 23.2. The molecule has 3 heterocycles. The average Bonchev–Trinajstić information content (AvgIpc) is 3.69. The molecule has 0 aromatic carbocycles. The Morgan fingerprint density at radius 2 is 1.41 bits per heavy atom. The third-order valence-corrected chi connectivity index (χ3v) is 9.65. The minimum atomic E-state index is -1.74. The van der Waals surface area contributed by atoms with Crippen LogP contribution in [0.5, 0.6) is 0 Å². The number of carbonyl (C=O) groups excluding carboxylic acids is 2. The van der Waals surface area contributed by atoms with Gasteiger partial charge in [0.1, 0.15) is 42.0 Å². The fourth-order valence-corrected chi connectivity index (χ4v) is 6.59. The van der Waals surface area contributed by atoms with Gasteiger partial charge in [0.05, 0.1) is 26.1 Å². The summed E-state index contributed by atoms with van der Waals surface area (Å²) in [6.07, 6.45) is 0.642. The van der Waals surface area contributed by atoms with Crippen molar-refractivity contribution in [3.63, 3.8) is 0 Å². The predicted octanol–water partition coefficient (Wildman–Crippen LogP) is 0.984. The van der Waals surface area contributed by atoms with Crippen molar-refractivity contribution in [3.05, 3.63) is 58.9 Å². The molecule has 1 saturated carbocycles. The zero-order valence-corrected chi connectivity index (χ0v) is 28.6. The third-order valence-electron chi connectivity index (χ3n) is 9.65. The van der Waals surface area contributed by atoms with Crippen LogP contribution in [0.3, 0.4) is 0 Å². The summed E-state index contributed by atoms with van der Waals surface area (Å²) in [6.45, 7) is 7.85. The number of epoxide rings is 1. The van der Waals surface area contributed by atoms with Gasteiger partial charge in [0.15, 0.2) is 18.0 Å². The number of ether oxygens (including phenoxy) is 6. The van der Waals surface area contributed by atoms with Crippen LogP contribution >= 0.6 is 0 Å². The zero-order chi connectivity index (χ0) is 36.1. The van der Waals surface area contributed by atoms with Crippen LogP contribution in [-0.2, 0) is 38.0 Å². The molecule has 4 rings (SSSR count). The van der Waals surface area contributed by atoms with Crippen LogP contribution in [0.2, 0.25) is 0 Å². The number of rotatable bonds is 15. The van der Waals surface area contributed by atoms with E-state index in [1.165, 1.54) is 12.3 Å². The van der Waals surface area contributed by atoms with E-state index in [2.05, 4.69) is 0 Å². The fourth-order valence-electron chi connectivity index (χ4n) is 6.59. The summed E-state index contributed by atoms with van der Waals surface area (Å²) in [5.74, 6) is -2.34. The monoisotopic (exact) mass is 694 g/mol. The summed E-state index contributed by atoms with van der Waals surface area (Å²) in [7, 11) is 0. The lowest BCUT2D eigenvalue weighted by molar-refractivity contribution is -0.350. The topological polar surface area (TPSA) is 214 Å². The lowest BCUT2D eigenvalue weighted by Gasteiger charge is -2.46. The van der Waals surface area contributed by atoms with Gasteiger partial charge in [-0.1, -0.05) is 35.5 Å². The second-order valence-electron chi connectivity index (χ2n) is 13.2. The number of esters is 2. The van der Waals surface area contributed by atoms with Gasteiger partial charge in [0.25, 0.3) is 0 Å². The maximum atomic E-state index is 13.7. The van der Waals surface area contributed by atoms with E-state index in [1.54, 1.807) is 45.1 Å². The van der Waals surface area contributed by atoms with Crippen LogP contribution in [-0.4, -0.2) is 123 Å². The van der Waals surface area contributed by atoms with Crippen LogP contribution in [0.15, 0.2) is 58.9 Å². The number of aliphatic hydroxyl groups excluding tert-OH is 6. The molecule has 0 amide bonds. The average molecular weight is 695 g/mol. The van der Waals surface area contributed by atoms with Gasteiger partial charge >= 0.3 is 11.9 Å². The number of aliphatic hydroxyl groups is 6. The van der Waals surface area contributed by atoms with Crippen LogP contribution in [0.25, 0.3) is 0 Å². The molecule has 1 aliphatic carbocycles. The Morgan fingerprint density at radius 1 is 0.816 bits per heavy atom. The Labute approximate surface area is 285 Å². The van der Waals surface area contributed by atoms with Crippen molar-refractivity contribution in [2.75, 3.05) is 19.8 Å². The second-order valence-corrected chi connectivity index (χ2v) is 13.2. The SMILES string of the molecule is C/C(=C\CO)CC/C=C(\C)C(=O)O[C@@H]1[C@@H]2O[C@]2(C)[C@H]2[C@H](O[C@@H]3O[C@H](CO)[C@@H](O)[C@H](O)[C@H]3O)OC=C[C@@]12OC(=O)/C(C)=C/CC/C(C)=C/CO. The Bertz CT molecular complexity index is 1350. The summed E-state index contributed by atoms with van der Waals surface area (Å²) in [4.78, 5) is 27.1. The highest BCUT2D eigenvalue weighted by molar-refractivity contribution is 5.89. The summed E-state index contributed by atoms with van der Waals surface area (Å²) in [6, 6.07) is 0. The number of carbonyl (C=O) groups is 2. The van der Waals surface area contributed by atoms with Crippen LogP contribution in [0.1, 0.15) is 60.3 Å². The van der Waals surface area contributed by atoms with Gasteiger partial charge < -0.3 is 59.1 Å². The van der Waals surface area contributed by atoms with Crippen LogP contribution in [0, 0.1) is 5.92 Å². The van der Waals surface area contributed by atoms with E-state index < -0.39 is 84.9 Å². The molecule has 6 N–H and O–H groups in total. The molecule has 0 bridgehead atoms. The molecule has 0 radical (unpaired) electrons. The van der Waals surface area contributed by atoms with Gasteiger partial charge in [-0.25, -0.2) is 9.59 Å². The lowest BCUT2D eigenvalue weighted by Crippen LogP contribution is -2.62. The Balaban J connectivity index is 1.63. The number of fused-ring (bicyclic) bond motifs is 3. The van der Waals surface area contributed by atoms with Crippen molar-refractivity contribution in [2.24, 2.45) is 5.92 Å². The molecule has 0 spiro atoms. The molecule has 0 unspecified atom stereocenters. The molecule has 11 atom stereocenters. The van der Waals surface area contributed by atoms with Gasteiger partial charge in [-0.3, -0.25) is 0 Å². The standard InChI is InChI=1S/C35H50O14/c1-19(12-15-36)8-6-10-21(3)30(42)46-29-28-34(5,48-28)27-33(47-32-26(41)25(40)24(39)23(18-38)45-32)44-17-14-35(27,29)49-31(43)22(4)11-7-9-20(2)13-16-37/h10-14,17,23-29,32-33,36-41H,6-9,15-16,18H2,1-5H3/b19-12+,20-13+,21-10+,22-11+/t23-,24-,25+,26-,27-,28+,29-,32+,33+,34-,35+/m1/s1. The minimum absolute atomic E-state index is 0.0756. The van der Waals surface area contributed by atoms with E-state index in [9.17, 15) is 30.0 Å². The predicted molar refractivity (Wildman–Crippen MR) is 172 cm³/mol. The molecule has 3 aliphatic heterocycles. The summed E-state index contributed by atoms with van der Waals surface area (Å²) >= 11 is 0. The molecule has 274 valence electrons. The van der Waals surface area contributed by atoms with Crippen molar-refractivity contribution in [1.29, 1.82) is 0 Å². The van der Waals surface area contributed by atoms with Crippen LogP contribution < -0.4 is 0 Å². The first-order valence-corrected chi connectivity index (χ1v) is 16.5. The molecule has 49 heavy (non-hydrogen) atoms. The second kappa shape index (κ2) is 16.4. The van der Waals surface area contributed by atoms with E-state index in [0.717, 1.165) is 11.1 Å². The Hall–Kier alpha value is -2.92. The first-order valence-electron chi connectivity index (χ1n) is 16.5. The third kappa shape index (κ3) is 8.35. The van der Waals surface area contributed by atoms with E-state index in [1.807, 2.05) is 13.8 Å². The number of hydrogen-bond donors (Lipinski definition) is 6. The summed E-state index contributed by atoms with van der Waals surface area (Å²) in [5, 5.41) is 59.2. The van der Waals surface area contributed by atoms with Crippen molar-refractivity contribution in [1.82, 2.24) is 0 Å². The summed E-state index contributed by atoms with van der Waals surface area (Å²) < 4.78 is 35.8. The highest BCUT2D eigenvalue weighted by atomic mass is 16.8. The minimum Gasteiger partial charge on any atom is -0.472 e. The van der Waals surface area contributed by atoms with E-state index in [4.69, 9.17) is 38.6 Å². The molecule has 4 aliphatic rings. The maximum absolute atomic E-state index is 13.7. The molecule has 14 nitrogen and oxygen atoms in total. The normalized spacial score (nSPS) is 37.7. The number of hydrogen-bond acceptors (Lipinski definition) is 14. The van der Waals surface area contributed by atoms with Crippen LogP contribution in [0.4, 0.5) is 0 Å². The van der Waals surface area contributed by atoms with Crippen molar-refractivity contribution < 1.29 is 68.6 Å². The largest absolute Gasteiger partial charge is 0.472 e. The molecular weight excluding hydrogens is 644 g/mol. The van der Waals surface area contributed by atoms with Crippen molar-refractivity contribution >= 4 is 11.9 Å². The molecule has 2 saturated heterocycles. The molecule has 14 heteroatoms. The molecular formula is C35H50O14.